The number of halogens is 1. The zero-order chi connectivity index (χ0) is 14.4. The normalized spacial score (nSPS) is 11.9. The second-order valence-electron chi connectivity index (χ2n) is 4.40. The van der Waals surface area contributed by atoms with Gasteiger partial charge >= 0.3 is 0 Å². The average Bonchev–Trinajstić information content (AvgIpc) is 2.48. The molecule has 0 bridgehead atoms. The van der Waals surface area contributed by atoms with Gasteiger partial charge in [0.2, 0.25) is 0 Å². The van der Waals surface area contributed by atoms with E-state index in [0.717, 1.165) is 0 Å². The maximum atomic E-state index is 13.2. The topological polar surface area (TPSA) is 38.7 Å². The molecule has 0 heterocycles. The summed E-state index contributed by atoms with van der Waals surface area (Å²) in [4.78, 5) is 0. The van der Waals surface area contributed by atoms with Gasteiger partial charge in [0.25, 0.3) is 0 Å². The molecular formula is C16H17FO3. The van der Waals surface area contributed by atoms with Gasteiger partial charge in [0.15, 0.2) is 11.5 Å². The van der Waals surface area contributed by atoms with E-state index in [1.165, 1.54) is 12.1 Å². The highest BCUT2D eigenvalue weighted by Crippen LogP contribution is 2.27. The number of ether oxygens (including phenoxy) is 2. The van der Waals surface area contributed by atoms with Crippen molar-refractivity contribution in [2.45, 2.75) is 5.92 Å². The van der Waals surface area contributed by atoms with E-state index in [1.54, 1.807) is 31.4 Å². The monoisotopic (exact) mass is 276 g/mol. The van der Waals surface area contributed by atoms with Crippen molar-refractivity contribution < 1.29 is 19.0 Å². The van der Waals surface area contributed by atoms with Crippen molar-refractivity contribution in [3.63, 3.8) is 0 Å². The van der Waals surface area contributed by atoms with Crippen molar-refractivity contribution in [2.24, 2.45) is 0 Å². The molecule has 2 rings (SSSR count). The van der Waals surface area contributed by atoms with Crippen molar-refractivity contribution >= 4 is 0 Å². The van der Waals surface area contributed by atoms with Gasteiger partial charge in [0.1, 0.15) is 5.82 Å². The second kappa shape index (κ2) is 6.91. The van der Waals surface area contributed by atoms with Gasteiger partial charge in [-0.2, -0.15) is 0 Å². The first-order chi connectivity index (χ1) is 9.74. The predicted molar refractivity (Wildman–Crippen MR) is 74.7 cm³/mol. The van der Waals surface area contributed by atoms with Crippen LogP contribution in [0.15, 0.2) is 48.5 Å². The van der Waals surface area contributed by atoms with E-state index < -0.39 is 0 Å². The van der Waals surface area contributed by atoms with Crippen LogP contribution in [0.1, 0.15) is 11.5 Å². The summed E-state index contributed by atoms with van der Waals surface area (Å²) in [5.41, 5.74) is 0.711. The van der Waals surface area contributed by atoms with Gasteiger partial charge in [-0.05, 0) is 29.8 Å². The molecular weight excluding hydrogens is 259 g/mol. The van der Waals surface area contributed by atoms with Gasteiger partial charge in [-0.15, -0.1) is 0 Å². The Morgan fingerprint density at radius 2 is 1.85 bits per heavy atom. The molecule has 20 heavy (non-hydrogen) atoms. The van der Waals surface area contributed by atoms with Crippen LogP contribution in [0, 0.1) is 5.82 Å². The lowest BCUT2D eigenvalue weighted by Crippen LogP contribution is -2.14. The summed E-state index contributed by atoms with van der Waals surface area (Å²) in [7, 11) is 1.57. The molecule has 2 aromatic rings. The number of rotatable bonds is 6. The summed E-state index contributed by atoms with van der Waals surface area (Å²) in [6.07, 6.45) is 0. The zero-order valence-corrected chi connectivity index (χ0v) is 11.3. The Labute approximate surface area is 117 Å². The van der Waals surface area contributed by atoms with E-state index in [-0.39, 0.29) is 24.9 Å². The first kappa shape index (κ1) is 14.3. The molecule has 1 unspecified atom stereocenters. The fourth-order valence-corrected chi connectivity index (χ4v) is 1.94. The van der Waals surface area contributed by atoms with Gasteiger partial charge in [-0.1, -0.05) is 24.3 Å². The molecule has 1 atom stereocenters. The number of aliphatic hydroxyl groups is 1. The van der Waals surface area contributed by atoms with Crippen molar-refractivity contribution in [3.05, 3.63) is 59.9 Å². The van der Waals surface area contributed by atoms with Crippen LogP contribution in [0.3, 0.4) is 0 Å². The highest BCUT2D eigenvalue weighted by Gasteiger charge is 2.13. The zero-order valence-electron chi connectivity index (χ0n) is 11.3. The number of methoxy groups -OCH3 is 1. The molecule has 1 N–H and O–H groups in total. The third-order valence-corrected chi connectivity index (χ3v) is 3.05. The highest BCUT2D eigenvalue weighted by atomic mass is 19.1. The lowest BCUT2D eigenvalue weighted by molar-refractivity contribution is 0.200. The summed E-state index contributed by atoms with van der Waals surface area (Å²) in [6, 6.07) is 13.5. The molecule has 106 valence electrons. The molecule has 3 nitrogen and oxygen atoms in total. The van der Waals surface area contributed by atoms with Crippen LogP contribution in [0.4, 0.5) is 4.39 Å². The summed E-state index contributed by atoms with van der Waals surface area (Å²) in [5.74, 6) is 0.627. The van der Waals surface area contributed by atoms with Crippen LogP contribution in [-0.2, 0) is 0 Å². The van der Waals surface area contributed by atoms with Gasteiger partial charge in [0.05, 0.1) is 20.3 Å². The van der Waals surface area contributed by atoms with Crippen molar-refractivity contribution in [1.29, 1.82) is 0 Å². The van der Waals surface area contributed by atoms with Crippen LogP contribution < -0.4 is 9.47 Å². The summed E-state index contributed by atoms with van der Waals surface area (Å²) in [5, 5.41) is 9.44. The Morgan fingerprint density at radius 3 is 2.50 bits per heavy atom. The largest absolute Gasteiger partial charge is 0.493 e. The number of hydrogen-bond donors (Lipinski definition) is 1. The van der Waals surface area contributed by atoms with Gasteiger partial charge in [0, 0.05) is 5.92 Å². The highest BCUT2D eigenvalue weighted by molar-refractivity contribution is 5.39. The smallest absolute Gasteiger partial charge is 0.161 e. The molecule has 0 fully saturated rings. The molecule has 0 radical (unpaired) electrons. The molecule has 0 aliphatic heterocycles. The summed E-state index contributed by atoms with van der Waals surface area (Å²) >= 11 is 0. The molecule has 0 aliphatic rings. The third-order valence-electron chi connectivity index (χ3n) is 3.05. The Bertz CT molecular complexity index is 557. The molecule has 0 aliphatic carbocycles. The van der Waals surface area contributed by atoms with E-state index in [9.17, 15) is 9.50 Å². The Kier molecular flexibility index (Phi) is 4.96. The Hall–Kier alpha value is -2.07. The van der Waals surface area contributed by atoms with Crippen molar-refractivity contribution in [2.75, 3.05) is 20.3 Å². The first-order valence-electron chi connectivity index (χ1n) is 6.36. The van der Waals surface area contributed by atoms with Crippen molar-refractivity contribution in [1.82, 2.24) is 0 Å². The van der Waals surface area contributed by atoms with Crippen LogP contribution >= 0.6 is 0 Å². The Balaban J connectivity index is 2.08. The molecule has 0 amide bonds. The van der Waals surface area contributed by atoms with Crippen LogP contribution in [-0.4, -0.2) is 25.4 Å². The SMILES string of the molecule is COc1ccccc1OCC(CO)c1cccc(F)c1. The third kappa shape index (κ3) is 3.48. The molecule has 0 saturated heterocycles. The van der Waals surface area contributed by atoms with Gasteiger partial charge in [-0.25, -0.2) is 4.39 Å². The van der Waals surface area contributed by atoms with Gasteiger partial charge in [-0.3, -0.25) is 0 Å². The standard InChI is InChI=1S/C16H17FO3/c1-19-15-7-2-3-8-16(15)20-11-13(10-18)12-5-4-6-14(17)9-12/h2-9,13,18H,10-11H2,1H3. The minimum atomic E-state index is -0.321. The maximum Gasteiger partial charge on any atom is 0.161 e. The number of aliphatic hydroxyl groups excluding tert-OH is 1. The fraction of sp³-hybridized carbons (Fsp3) is 0.250. The second-order valence-corrected chi connectivity index (χ2v) is 4.40. The number of para-hydroxylation sites is 2. The van der Waals surface area contributed by atoms with Crippen molar-refractivity contribution in [3.8, 4) is 11.5 Å². The molecule has 0 spiro atoms. The minimum absolute atomic E-state index is 0.112. The van der Waals surface area contributed by atoms with E-state index >= 15 is 0 Å². The van der Waals surface area contributed by atoms with Crippen LogP contribution in [0.5, 0.6) is 11.5 Å². The Morgan fingerprint density at radius 1 is 1.10 bits per heavy atom. The van der Waals surface area contributed by atoms with Crippen LogP contribution in [0.25, 0.3) is 0 Å². The molecule has 2 aromatic carbocycles. The number of benzene rings is 2. The molecule has 0 saturated carbocycles. The summed E-state index contributed by atoms with van der Waals surface area (Å²) < 4.78 is 24.1. The van der Waals surface area contributed by atoms with Crippen LogP contribution in [0.2, 0.25) is 0 Å². The lowest BCUT2D eigenvalue weighted by atomic mass is 10.0. The minimum Gasteiger partial charge on any atom is -0.493 e. The summed E-state index contributed by atoms with van der Waals surface area (Å²) in [6.45, 7) is 0.138. The van der Waals surface area contributed by atoms with E-state index in [0.29, 0.717) is 17.1 Å². The van der Waals surface area contributed by atoms with E-state index in [1.807, 2.05) is 12.1 Å². The molecule has 4 heteroatoms. The first-order valence-corrected chi connectivity index (χ1v) is 6.36. The number of hydrogen-bond acceptors (Lipinski definition) is 3. The fourth-order valence-electron chi connectivity index (χ4n) is 1.94. The molecule has 0 aromatic heterocycles. The lowest BCUT2D eigenvalue weighted by Gasteiger charge is -2.17. The predicted octanol–water partition coefficient (Wildman–Crippen LogP) is 2.99. The van der Waals surface area contributed by atoms with E-state index in [4.69, 9.17) is 9.47 Å². The quantitative estimate of drug-likeness (QED) is 0.881. The van der Waals surface area contributed by atoms with Gasteiger partial charge < -0.3 is 14.6 Å². The maximum absolute atomic E-state index is 13.2. The van der Waals surface area contributed by atoms with E-state index in [2.05, 4.69) is 0 Å². The average molecular weight is 276 g/mol.